The highest BCUT2D eigenvalue weighted by atomic mass is 16.5. The minimum absolute atomic E-state index is 0.00938. The van der Waals surface area contributed by atoms with E-state index in [1.807, 2.05) is 0 Å². The Hall–Kier alpha value is -2.61. The number of carbonyl (C=O) groups excluding carboxylic acids is 2. The number of carboxylic acid groups (broad SMARTS) is 1. The standard InChI is InChI=1S/C13H17N3O5/c1-8-3-2-4-9(12(18)19)11(8)16-13(20)15-5-6-21-7-10(14)17/h2-4H,5-7H2,1H3,(H2,14,17)(H,18,19)(H2,15,16,20). The molecule has 0 radical (unpaired) electrons. The number of carbonyl (C=O) groups is 3. The van der Waals surface area contributed by atoms with Gasteiger partial charge in [0.05, 0.1) is 17.9 Å². The summed E-state index contributed by atoms with van der Waals surface area (Å²) in [5.74, 6) is -1.72. The third-order valence-corrected chi connectivity index (χ3v) is 2.52. The molecule has 0 aliphatic heterocycles. The van der Waals surface area contributed by atoms with Crippen LogP contribution >= 0.6 is 0 Å². The third kappa shape index (κ3) is 5.49. The molecule has 0 atom stereocenters. The van der Waals surface area contributed by atoms with Crippen LogP contribution < -0.4 is 16.4 Å². The first-order valence-corrected chi connectivity index (χ1v) is 6.15. The van der Waals surface area contributed by atoms with Crippen molar-refractivity contribution in [1.82, 2.24) is 5.32 Å². The van der Waals surface area contributed by atoms with Gasteiger partial charge in [-0.25, -0.2) is 9.59 Å². The van der Waals surface area contributed by atoms with E-state index >= 15 is 0 Å². The minimum atomic E-state index is -1.13. The second-order valence-electron chi connectivity index (χ2n) is 4.20. The largest absolute Gasteiger partial charge is 0.478 e. The molecule has 114 valence electrons. The van der Waals surface area contributed by atoms with Crippen molar-refractivity contribution >= 4 is 23.6 Å². The van der Waals surface area contributed by atoms with Crippen molar-refractivity contribution in [3.8, 4) is 0 Å². The van der Waals surface area contributed by atoms with Crippen LogP contribution in [0.2, 0.25) is 0 Å². The maximum atomic E-state index is 11.7. The molecule has 0 saturated carbocycles. The summed E-state index contributed by atoms with van der Waals surface area (Å²) in [6.07, 6.45) is 0. The first kappa shape index (κ1) is 16.4. The molecule has 21 heavy (non-hydrogen) atoms. The number of anilines is 1. The number of nitrogens with two attached hydrogens (primary N) is 1. The van der Waals surface area contributed by atoms with Crippen LogP contribution in [-0.4, -0.2) is 42.8 Å². The minimum Gasteiger partial charge on any atom is -0.478 e. The van der Waals surface area contributed by atoms with Crippen LogP contribution in [0.1, 0.15) is 15.9 Å². The summed E-state index contributed by atoms with van der Waals surface area (Å²) in [5.41, 5.74) is 5.76. The molecule has 8 nitrogen and oxygen atoms in total. The second-order valence-corrected chi connectivity index (χ2v) is 4.20. The quantitative estimate of drug-likeness (QED) is 0.538. The molecule has 0 aliphatic rings. The molecular weight excluding hydrogens is 278 g/mol. The second kappa shape index (κ2) is 7.85. The van der Waals surface area contributed by atoms with E-state index in [0.717, 1.165) is 0 Å². The van der Waals surface area contributed by atoms with Gasteiger partial charge in [-0.05, 0) is 18.6 Å². The molecule has 8 heteroatoms. The zero-order valence-corrected chi connectivity index (χ0v) is 11.5. The third-order valence-electron chi connectivity index (χ3n) is 2.52. The van der Waals surface area contributed by atoms with Crippen LogP contribution in [0.15, 0.2) is 18.2 Å². The fourth-order valence-corrected chi connectivity index (χ4v) is 1.58. The number of hydrogen-bond donors (Lipinski definition) is 4. The molecule has 0 aromatic heterocycles. The zero-order chi connectivity index (χ0) is 15.8. The van der Waals surface area contributed by atoms with Gasteiger partial charge in [0, 0.05) is 6.54 Å². The van der Waals surface area contributed by atoms with E-state index in [0.29, 0.717) is 5.56 Å². The van der Waals surface area contributed by atoms with E-state index in [1.165, 1.54) is 6.07 Å². The number of aromatic carboxylic acids is 1. The van der Waals surface area contributed by atoms with Crippen LogP contribution in [0, 0.1) is 6.92 Å². The summed E-state index contributed by atoms with van der Waals surface area (Å²) in [5, 5.41) is 14.0. The summed E-state index contributed by atoms with van der Waals surface area (Å²) in [6, 6.07) is 4.13. The van der Waals surface area contributed by atoms with Crippen molar-refractivity contribution in [2.75, 3.05) is 25.1 Å². The van der Waals surface area contributed by atoms with Crippen LogP contribution in [0.25, 0.3) is 0 Å². The summed E-state index contributed by atoms with van der Waals surface area (Å²) >= 11 is 0. The van der Waals surface area contributed by atoms with Crippen molar-refractivity contribution < 1.29 is 24.2 Å². The van der Waals surface area contributed by atoms with Gasteiger partial charge in [0.2, 0.25) is 5.91 Å². The first-order chi connectivity index (χ1) is 9.91. The van der Waals surface area contributed by atoms with Gasteiger partial charge in [0.1, 0.15) is 6.61 Å². The summed E-state index contributed by atoms with van der Waals surface area (Å²) < 4.78 is 4.87. The highest BCUT2D eigenvalue weighted by Crippen LogP contribution is 2.20. The lowest BCUT2D eigenvalue weighted by atomic mass is 10.1. The fourth-order valence-electron chi connectivity index (χ4n) is 1.58. The highest BCUT2D eigenvalue weighted by Gasteiger charge is 2.14. The number of ether oxygens (including phenoxy) is 1. The Labute approximate surface area is 121 Å². The zero-order valence-electron chi connectivity index (χ0n) is 11.5. The fraction of sp³-hybridized carbons (Fsp3) is 0.308. The van der Waals surface area contributed by atoms with Crippen molar-refractivity contribution in [3.05, 3.63) is 29.3 Å². The molecule has 0 aliphatic carbocycles. The van der Waals surface area contributed by atoms with Gasteiger partial charge in [-0.3, -0.25) is 4.79 Å². The summed E-state index contributed by atoms with van der Waals surface area (Å²) in [7, 11) is 0. The van der Waals surface area contributed by atoms with Crippen LogP contribution in [0.3, 0.4) is 0 Å². The monoisotopic (exact) mass is 295 g/mol. The predicted octanol–water partition coefficient (Wildman–Crippen LogP) is 0.317. The molecule has 0 spiro atoms. The molecule has 1 rings (SSSR count). The van der Waals surface area contributed by atoms with Gasteiger partial charge in [-0.1, -0.05) is 12.1 Å². The van der Waals surface area contributed by atoms with E-state index in [-0.39, 0.29) is 31.0 Å². The molecule has 0 saturated heterocycles. The topological polar surface area (TPSA) is 131 Å². The molecule has 5 N–H and O–H groups in total. The van der Waals surface area contributed by atoms with Crippen molar-refractivity contribution in [3.63, 3.8) is 0 Å². The molecule has 0 heterocycles. The lowest BCUT2D eigenvalue weighted by molar-refractivity contribution is -0.122. The van der Waals surface area contributed by atoms with Crippen LogP contribution in [0.4, 0.5) is 10.5 Å². The molecule has 1 aromatic carbocycles. The number of para-hydroxylation sites is 1. The summed E-state index contributed by atoms with van der Waals surface area (Å²) in [4.78, 5) is 33.2. The van der Waals surface area contributed by atoms with Gasteiger partial charge in [0.15, 0.2) is 0 Å². The smallest absolute Gasteiger partial charge is 0.337 e. The number of nitrogens with one attached hydrogen (secondary N) is 2. The first-order valence-electron chi connectivity index (χ1n) is 6.15. The van der Waals surface area contributed by atoms with Crippen molar-refractivity contribution in [2.24, 2.45) is 5.73 Å². The Morgan fingerprint density at radius 1 is 1.33 bits per heavy atom. The lowest BCUT2D eigenvalue weighted by Crippen LogP contribution is -2.33. The van der Waals surface area contributed by atoms with Gasteiger partial charge >= 0.3 is 12.0 Å². The number of urea groups is 1. The maximum absolute atomic E-state index is 11.7. The predicted molar refractivity (Wildman–Crippen MR) is 75.2 cm³/mol. The molecule has 0 bridgehead atoms. The number of amides is 3. The number of primary amides is 1. The molecule has 0 unspecified atom stereocenters. The SMILES string of the molecule is Cc1cccc(C(=O)O)c1NC(=O)NCCOCC(N)=O. The highest BCUT2D eigenvalue weighted by molar-refractivity contribution is 6.00. The normalized spacial score (nSPS) is 9.95. The van der Waals surface area contributed by atoms with Crippen molar-refractivity contribution in [2.45, 2.75) is 6.92 Å². The van der Waals surface area contributed by atoms with E-state index in [9.17, 15) is 14.4 Å². The Balaban J connectivity index is 2.52. The number of aryl methyl sites for hydroxylation is 1. The van der Waals surface area contributed by atoms with E-state index < -0.39 is 17.9 Å². The lowest BCUT2D eigenvalue weighted by Gasteiger charge is -2.12. The summed E-state index contributed by atoms with van der Waals surface area (Å²) in [6.45, 7) is 1.76. The average Bonchev–Trinajstić information content (AvgIpc) is 2.40. The number of benzene rings is 1. The van der Waals surface area contributed by atoms with Crippen LogP contribution in [-0.2, 0) is 9.53 Å². The van der Waals surface area contributed by atoms with E-state index in [4.69, 9.17) is 15.6 Å². The Kier molecular flexibility index (Phi) is 6.15. The molecule has 1 aromatic rings. The Morgan fingerprint density at radius 3 is 2.67 bits per heavy atom. The maximum Gasteiger partial charge on any atom is 0.337 e. The van der Waals surface area contributed by atoms with Gasteiger partial charge in [0.25, 0.3) is 0 Å². The van der Waals surface area contributed by atoms with Gasteiger partial charge in [-0.15, -0.1) is 0 Å². The van der Waals surface area contributed by atoms with Gasteiger partial charge in [-0.2, -0.15) is 0 Å². The van der Waals surface area contributed by atoms with E-state index in [1.54, 1.807) is 19.1 Å². The molecular formula is C13H17N3O5. The number of rotatable bonds is 7. The Morgan fingerprint density at radius 2 is 2.05 bits per heavy atom. The molecule has 0 fully saturated rings. The number of carboxylic acids is 1. The van der Waals surface area contributed by atoms with E-state index in [2.05, 4.69) is 10.6 Å². The molecule has 3 amide bonds. The average molecular weight is 295 g/mol. The number of hydrogen-bond acceptors (Lipinski definition) is 4. The Bertz CT molecular complexity index is 545. The van der Waals surface area contributed by atoms with Crippen LogP contribution in [0.5, 0.6) is 0 Å². The van der Waals surface area contributed by atoms with Gasteiger partial charge < -0.3 is 26.2 Å². The van der Waals surface area contributed by atoms with Crippen molar-refractivity contribution in [1.29, 1.82) is 0 Å².